The zero-order valence-corrected chi connectivity index (χ0v) is 6.59. The summed E-state index contributed by atoms with van der Waals surface area (Å²) < 4.78 is 5.28. The Bertz CT molecular complexity index is 190. The molecule has 62 valence electrons. The fourth-order valence-corrected chi connectivity index (χ4v) is 1.24. The highest BCUT2D eigenvalue weighted by Gasteiger charge is 2.36. The molecule has 0 aliphatic carbocycles. The average Bonchev–Trinajstić information content (AvgIpc) is 2.35. The Kier molecular flexibility index (Phi) is 2.00. The SMILES string of the molecule is C=C(C(=O)O)C1(C)CCCO1. The first-order chi connectivity index (χ1) is 5.06. The molecule has 1 heterocycles. The van der Waals surface area contributed by atoms with Gasteiger partial charge in [-0.1, -0.05) is 6.58 Å². The van der Waals surface area contributed by atoms with Crippen LogP contribution < -0.4 is 0 Å². The van der Waals surface area contributed by atoms with E-state index >= 15 is 0 Å². The van der Waals surface area contributed by atoms with Crippen LogP contribution in [0.4, 0.5) is 0 Å². The molecule has 0 bridgehead atoms. The lowest BCUT2D eigenvalue weighted by molar-refractivity contribution is -0.135. The monoisotopic (exact) mass is 156 g/mol. The highest BCUT2D eigenvalue weighted by atomic mass is 16.5. The second-order valence-corrected chi connectivity index (χ2v) is 2.97. The highest BCUT2D eigenvalue weighted by Crippen LogP contribution is 2.31. The Hall–Kier alpha value is -0.830. The van der Waals surface area contributed by atoms with E-state index in [1.807, 2.05) is 0 Å². The number of ether oxygens (including phenoxy) is 1. The molecule has 1 aliphatic rings. The lowest BCUT2D eigenvalue weighted by Crippen LogP contribution is -2.29. The summed E-state index contributed by atoms with van der Waals surface area (Å²) in [5, 5.41) is 8.63. The molecule has 3 nitrogen and oxygen atoms in total. The molecule has 0 saturated carbocycles. The van der Waals surface area contributed by atoms with Crippen molar-refractivity contribution in [1.29, 1.82) is 0 Å². The molecule has 0 aromatic carbocycles. The molecular formula is C8H12O3. The van der Waals surface area contributed by atoms with Gasteiger partial charge in [-0.3, -0.25) is 0 Å². The van der Waals surface area contributed by atoms with Gasteiger partial charge in [0, 0.05) is 6.61 Å². The Morgan fingerprint density at radius 3 is 2.73 bits per heavy atom. The van der Waals surface area contributed by atoms with E-state index in [9.17, 15) is 4.79 Å². The molecule has 1 fully saturated rings. The lowest BCUT2D eigenvalue weighted by atomic mass is 9.94. The van der Waals surface area contributed by atoms with Gasteiger partial charge in [0.05, 0.1) is 11.2 Å². The van der Waals surface area contributed by atoms with Crippen LogP contribution in [0, 0.1) is 0 Å². The van der Waals surface area contributed by atoms with E-state index in [2.05, 4.69) is 6.58 Å². The molecule has 0 amide bonds. The standard InChI is InChI=1S/C8H12O3/c1-6(7(9)10)8(2)4-3-5-11-8/h1,3-5H2,2H3,(H,9,10). The highest BCUT2D eigenvalue weighted by molar-refractivity contribution is 5.88. The molecule has 0 radical (unpaired) electrons. The van der Waals surface area contributed by atoms with Gasteiger partial charge in [-0.15, -0.1) is 0 Å². The largest absolute Gasteiger partial charge is 0.478 e. The predicted octanol–water partition coefficient (Wildman–Crippen LogP) is 1.20. The van der Waals surface area contributed by atoms with Gasteiger partial charge >= 0.3 is 5.97 Å². The molecule has 1 rings (SSSR count). The quantitative estimate of drug-likeness (QED) is 0.611. The van der Waals surface area contributed by atoms with Gasteiger partial charge < -0.3 is 9.84 Å². The molecule has 0 aromatic rings. The molecule has 1 unspecified atom stereocenters. The van der Waals surface area contributed by atoms with Gasteiger partial charge in [0.15, 0.2) is 0 Å². The summed E-state index contributed by atoms with van der Waals surface area (Å²) in [5.41, 5.74) is -0.457. The second-order valence-electron chi connectivity index (χ2n) is 2.97. The van der Waals surface area contributed by atoms with E-state index in [0.29, 0.717) is 6.61 Å². The Morgan fingerprint density at radius 2 is 2.36 bits per heavy atom. The Morgan fingerprint density at radius 1 is 1.73 bits per heavy atom. The van der Waals surface area contributed by atoms with Crippen LogP contribution in [0.15, 0.2) is 12.2 Å². The summed E-state index contributed by atoms with van der Waals surface area (Å²) in [7, 11) is 0. The van der Waals surface area contributed by atoms with E-state index in [-0.39, 0.29) is 5.57 Å². The normalized spacial score (nSPS) is 30.3. The molecule has 0 aromatic heterocycles. The van der Waals surface area contributed by atoms with E-state index in [4.69, 9.17) is 9.84 Å². The van der Waals surface area contributed by atoms with Crippen LogP contribution in [0.3, 0.4) is 0 Å². The van der Waals surface area contributed by atoms with Crippen molar-refractivity contribution in [1.82, 2.24) is 0 Å². The van der Waals surface area contributed by atoms with Crippen molar-refractivity contribution in [2.24, 2.45) is 0 Å². The topological polar surface area (TPSA) is 46.5 Å². The minimum absolute atomic E-state index is 0.162. The van der Waals surface area contributed by atoms with Crippen molar-refractivity contribution in [3.05, 3.63) is 12.2 Å². The third-order valence-electron chi connectivity index (χ3n) is 2.12. The maximum absolute atomic E-state index is 10.5. The summed E-state index contributed by atoms with van der Waals surface area (Å²) >= 11 is 0. The molecule has 1 aliphatic heterocycles. The molecule has 1 saturated heterocycles. The summed E-state index contributed by atoms with van der Waals surface area (Å²) in [6, 6.07) is 0. The Labute approximate surface area is 65.7 Å². The van der Waals surface area contributed by atoms with Crippen LogP contribution in [0.2, 0.25) is 0 Å². The number of carboxylic acids is 1. The summed E-state index contributed by atoms with van der Waals surface area (Å²) in [5.74, 6) is -0.964. The molecular weight excluding hydrogens is 144 g/mol. The second kappa shape index (κ2) is 2.66. The first-order valence-electron chi connectivity index (χ1n) is 3.63. The van der Waals surface area contributed by atoms with Crippen LogP contribution in [0.5, 0.6) is 0 Å². The van der Waals surface area contributed by atoms with Crippen molar-refractivity contribution >= 4 is 5.97 Å². The van der Waals surface area contributed by atoms with Crippen LogP contribution in [0.1, 0.15) is 19.8 Å². The van der Waals surface area contributed by atoms with Crippen LogP contribution in [-0.4, -0.2) is 23.3 Å². The van der Waals surface area contributed by atoms with E-state index < -0.39 is 11.6 Å². The zero-order chi connectivity index (χ0) is 8.48. The van der Waals surface area contributed by atoms with Crippen LogP contribution >= 0.6 is 0 Å². The van der Waals surface area contributed by atoms with Gasteiger partial charge in [0.25, 0.3) is 0 Å². The first-order valence-corrected chi connectivity index (χ1v) is 3.63. The number of aliphatic carboxylic acids is 1. The minimum Gasteiger partial charge on any atom is -0.478 e. The van der Waals surface area contributed by atoms with E-state index in [1.54, 1.807) is 6.92 Å². The third-order valence-corrected chi connectivity index (χ3v) is 2.12. The molecule has 3 heteroatoms. The minimum atomic E-state index is -0.964. The van der Waals surface area contributed by atoms with Crippen LogP contribution in [-0.2, 0) is 9.53 Å². The molecule has 1 atom stereocenters. The fraction of sp³-hybridized carbons (Fsp3) is 0.625. The fourth-order valence-electron chi connectivity index (χ4n) is 1.24. The van der Waals surface area contributed by atoms with Gasteiger partial charge in [-0.25, -0.2) is 4.79 Å². The maximum atomic E-state index is 10.5. The Balaban J connectivity index is 2.71. The lowest BCUT2D eigenvalue weighted by Gasteiger charge is -2.22. The van der Waals surface area contributed by atoms with Gasteiger partial charge in [0.1, 0.15) is 0 Å². The number of carboxylic acid groups (broad SMARTS) is 1. The average molecular weight is 156 g/mol. The third kappa shape index (κ3) is 1.43. The van der Waals surface area contributed by atoms with Gasteiger partial charge in [-0.2, -0.15) is 0 Å². The smallest absolute Gasteiger partial charge is 0.333 e. The van der Waals surface area contributed by atoms with Crippen molar-refractivity contribution in [3.8, 4) is 0 Å². The van der Waals surface area contributed by atoms with Crippen molar-refractivity contribution in [2.75, 3.05) is 6.61 Å². The number of hydrogen-bond acceptors (Lipinski definition) is 2. The van der Waals surface area contributed by atoms with Crippen molar-refractivity contribution in [3.63, 3.8) is 0 Å². The number of carbonyl (C=O) groups is 1. The predicted molar refractivity (Wildman–Crippen MR) is 40.4 cm³/mol. The van der Waals surface area contributed by atoms with Crippen molar-refractivity contribution in [2.45, 2.75) is 25.4 Å². The van der Waals surface area contributed by atoms with Gasteiger partial charge in [0.2, 0.25) is 0 Å². The maximum Gasteiger partial charge on any atom is 0.333 e. The zero-order valence-electron chi connectivity index (χ0n) is 6.59. The number of rotatable bonds is 2. The van der Waals surface area contributed by atoms with Crippen LogP contribution in [0.25, 0.3) is 0 Å². The summed E-state index contributed by atoms with van der Waals surface area (Å²) in [6.45, 7) is 5.90. The molecule has 11 heavy (non-hydrogen) atoms. The van der Waals surface area contributed by atoms with E-state index in [0.717, 1.165) is 12.8 Å². The molecule has 0 spiro atoms. The van der Waals surface area contributed by atoms with E-state index in [1.165, 1.54) is 0 Å². The van der Waals surface area contributed by atoms with Gasteiger partial charge in [-0.05, 0) is 19.8 Å². The van der Waals surface area contributed by atoms with Crippen molar-refractivity contribution < 1.29 is 14.6 Å². The summed E-state index contributed by atoms with van der Waals surface area (Å²) in [4.78, 5) is 10.5. The first kappa shape index (κ1) is 8.27. The summed E-state index contributed by atoms with van der Waals surface area (Å²) in [6.07, 6.45) is 1.68. The molecule has 1 N–H and O–H groups in total. The number of hydrogen-bond donors (Lipinski definition) is 1.